The topological polar surface area (TPSA) is 42.0 Å². The van der Waals surface area contributed by atoms with Crippen LogP contribution in [0.4, 0.5) is 4.39 Å². The predicted molar refractivity (Wildman–Crippen MR) is 86.0 cm³/mol. The van der Waals surface area contributed by atoms with Gasteiger partial charge in [0.1, 0.15) is 11.6 Å². The van der Waals surface area contributed by atoms with Gasteiger partial charge >= 0.3 is 0 Å². The van der Waals surface area contributed by atoms with Crippen molar-refractivity contribution in [3.8, 4) is 5.75 Å². The minimum absolute atomic E-state index is 0.0247. The van der Waals surface area contributed by atoms with E-state index < -0.39 is 0 Å². The fourth-order valence-electron chi connectivity index (χ4n) is 2.96. The van der Waals surface area contributed by atoms with E-state index >= 15 is 0 Å². The second-order valence-corrected chi connectivity index (χ2v) is 5.97. The number of ether oxygens (including phenoxy) is 2. The highest BCUT2D eigenvalue weighted by Crippen LogP contribution is 2.16. The van der Waals surface area contributed by atoms with Crippen LogP contribution in [0, 0.1) is 5.82 Å². The van der Waals surface area contributed by atoms with Crippen molar-refractivity contribution in [1.29, 1.82) is 0 Å². The molecule has 1 saturated heterocycles. The van der Waals surface area contributed by atoms with Gasteiger partial charge in [-0.1, -0.05) is 0 Å². The van der Waals surface area contributed by atoms with E-state index in [9.17, 15) is 9.18 Å². The molecular formula is C17H25FN2O3. The third-order valence-electron chi connectivity index (χ3n) is 4.18. The standard InChI is InChI=1S/C17H25FN2O3/c1-13-10-19(11-14(2)20(13)8-9-22-3)17(21)12-23-16-6-4-15(18)5-7-16/h4-7,13-14H,8-12H2,1-3H3. The molecule has 1 aliphatic rings. The Labute approximate surface area is 137 Å². The molecule has 23 heavy (non-hydrogen) atoms. The van der Waals surface area contributed by atoms with Crippen molar-refractivity contribution in [3.05, 3.63) is 30.1 Å². The lowest BCUT2D eigenvalue weighted by atomic mass is 10.1. The Morgan fingerprint density at radius 2 is 1.83 bits per heavy atom. The summed E-state index contributed by atoms with van der Waals surface area (Å²) < 4.78 is 23.4. The summed E-state index contributed by atoms with van der Waals surface area (Å²) in [5, 5.41) is 0. The van der Waals surface area contributed by atoms with Gasteiger partial charge in [-0.3, -0.25) is 9.69 Å². The molecule has 2 atom stereocenters. The number of carbonyl (C=O) groups excluding carboxylic acids is 1. The summed E-state index contributed by atoms with van der Waals surface area (Å²) in [5.41, 5.74) is 0. The Morgan fingerprint density at radius 3 is 2.39 bits per heavy atom. The summed E-state index contributed by atoms with van der Waals surface area (Å²) in [6.45, 7) is 7.13. The van der Waals surface area contributed by atoms with Crippen molar-refractivity contribution < 1.29 is 18.7 Å². The summed E-state index contributed by atoms with van der Waals surface area (Å²) in [4.78, 5) is 16.5. The fraction of sp³-hybridized carbons (Fsp3) is 0.588. The highest BCUT2D eigenvalue weighted by Gasteiger charge is 2.31. The molecule has 0 radical (unpaired) electrons. The molecule has 0 aromatic heterocycles. The van der Waals surface area contributed by atoms with E-state index in [1.165, 1.54) is 24.3 Å². The molecule has 1 aromatic rings. The van der Waals surface area contributed by atoms with Crippen LogP contribution >= 0.6 is 0 Å². The average molecular weight is 324 g/mol. The molecular weight excluding hydrogens is 299 g/mol. The highest BCUT2D eigenvalue weighted by molar-refractivity contribution is 5.78. The number of rotatable bonds is 6. The van der Waals surface area contributed by atoms with E-state index in [0.717, 1.165) is 6.54 Å². The molecule has 0 saturated carbocycles. The van der Waals surface area contributed by atoms with E-state index in [-0.39, 0.29) is 30.4 Å². The maximum atomic E-state index is 12.8. The van der Waals surface area contributed by atoms with Crippen LogP contribution in [0.15, 0.2) is 24.3 Å². The van der Waals surface area contributed by atoms with Crippen LogP contribution in [0.3, 0.4) is 0 Å². The number of carbonyl (C=O) groups is 1. The normalized spacial score (nSPS) is 22.2. The number of amides is 1. The molecule has 2 rings (SSSR count). The molecule has 0 bridgehead atoms. The van der Waals surface area contributed by atoms with Gasteiger partial charge in [-0.05, 0) is 38.1 Å². The van der Waals surface area contributed by atoms with E-state index in [4.69, 9.17) is 9.47 Å². The minimum Gasteiger partial charge on any atom is -0.484 e. The maximum absolute atomic E-state index is 12.8. The summed E-state index contributed by atoms with van der Waals surface area (Å²) in [7, 11) is 1.70. The van der Waals surface area contributed by atoms with Crippen LogP contribution in [0.2, 0.25) is 0 Å². The van der Waals surface area contributed by atoms with E-state index in [2.05, 4.69) is 18.7 Å². The first-order valence-electron chi connectivity index (χ1n) is 7.92. The molecule has 1 aliphatic heterocycles. The molecule has 5 nitrogen and oxygen atoms in total. The molecule has 0 aliphatic carbocycles. The van der Waals surface area contributed by atoms with Crippen molar-refractivity contribution in [1.82, 2.24) is 9.80 Å². The number of hydrogen-bond acceptors (Lipinski definition) is 4. The van der Waals surface area contributed by atoms with E-state index in [1.807, 2.05) is 4.90 Å². The fourth-order valence-corrected chi connectivity index (χ4v) is 2.96. The summed E-state index contributed by atoms with van der Waals surface area (Å²) >= 11 is 0. The second-order valence-electron chi connectivity index (χ2n) is 5.97. The highest BCUT2D eigenvalue weighted by atomic mass is 19.1. The Morgan fingerprint density at radius 1 is 1.22 bits per heavy atom. The summed E-state index contributed by atoms with van der Waals surface area (Å²) in [6, 6.07) is 6.25. The Hall–Kier alpha value is -1.66. The van der Waals surface area contributed by atoms with Crippen LogP contribution in [0.5, 0.6) is 5.75 Å². The minimum atomic E-state index is -0.321. The van der Waals surface area contributed by atoms with Crippen LogP contribution in [0.1, 0.15) is 13.8 Å². The molecule has 0 N–H and O–H groups in total. The van der Waals surface area contributed by atoms with Crippen molar-refractivity contribution >= 4 is 5.91 Å². The van der Waals surface area contributed by atoms with Gasteiger partial charge in [-0.15, -0.1) is 0 Å². The first-order valence-corrected chi connectivity index (χ1v) is 7.92. The van der Waals surface area contributed by atoms with Gasteiger partial charge in [-0.25, -0.2) is 4.39 Å². The molecule has 1 aromatic carbocycles. The van der Waals surface area contributed by atoms with Crippen molar-refractivity contribution in [2.24, 2.45) is 0 Å². The van der Waals surface area contributed by atoms with Gasteiger partial charge in [-0.2, -0.15) is 0 Å². The number of benzene rings is 1. The number of piperazine rings is 1. The van der Waals surface area contributed by atoms with Gasteiger partial charge in [0.2, 0.25) is 0 Å². The van der Waals surface area contributed by atoms with Gasteiger partial charge in [0.05, 0.1) is 6.61 Å². The van der Waals surface area contributed by atoms with Crippen LogP contribution in [-0.2, 0) is 9.53 Å². The van der Waals surface area contributed by atoms with Crippen molar-refractivity contribution in [3.63, 3.8) is 0 Å². The van der Waals surface area contributed by atoms with Crippen LogP contribution in [-0.4, -0.2) is 67.7 Å². The molecule has 1 amide bonds. The first-order chi connectivity index (χ1) is 11.0. The van der Waals surface area contributed by atoms with Gasteiger partial charge in [0.15, 0.2) is 6.61 Å². The van der Waals surface area contributed by atoms with Crippen LogP contribution in [0.25, 0.3) is 0 Å². The first kappa shape index (κ1) is 17.7. The number of nitrogens with zero attached hydrogens (tertiary/aromatic N) is 2. The zero-order valence-corrected chi connectivity index (χ0v) is 14.0. The monoisotopic (exact) mass is 324 g/mol. The van der Waals surface area contributed by atoms with Crippen LogP contribution < -0.4 is 4.74 Å². The third-order valence-corrected chi connectivity index (χ3v) is 4.18. The third kappa shape index (κ3) is 4.91. The molecule has 6 heteroatoms. The largest absolute Gasteiger partial charge is 0.484 e. The molecule has 1 fully saturated rings. The smallest absolute Gasteiger partial charge is 0.260 e. The number of methoxy groups -OCH3 is 1. The number of hydrogen-bond donors (Lipinski definition) is 0. The maximum Gasteiger partial charge on any atom is 0.260 e. The molecule has 0 spiro atoms. The van der Waals surface area contributed by atoms with Gasteiger partial charge < -0.3 is 14.4 Å². The van der Waals surface area contributed by atoms with E-state index in [0.29, 0.717) is 25.4 Å². The Bertz CT molecular complexity index is 497. The molecule has 1 heterocycles. The second kappa shape index (κ2) is 8.26. The molecule has 2 unspecified atom stereocenters. The lowest BCUT2D eigenvalue weighted by molar-refractivity contribution is -0.137. The summed E-state index contributed by atoms with van der Waals surface area (Å²) in [6.07, 6.45) is 0. The van der Waals surface area contributed by atoms with E-state index in [1.54, 1.807) is 7.11 Å². The Kier molecular flexibility index (Phi) is 6.36. The van der Waals surface area contributed by atoms with Crippen molar-refractivity contribution in [2.45, 2.75) is 25.9 Å². The lowest BCUT2D eigenvalue weighted by Gasteiger charge is -2.44. The Balaban J connectivity index is 1.84. The summed E-state index contributed by atoms with van der Waals surface area (Å²) in [5.74, 6) is 0.137. The quantitative estimate of drug-likeness (QED) is 0.800. The van der Waals surface area contributed by atoms with Crippen molar-refractivity contribution in [2.75, 3.05) is 40.0 Å². The lowest BCUT2D eigenvalue weighted by Crippen LogP contribution is -2.59. The predicted octanol–water partition coefficient (Wildman–Crippen LogP) is 1.77. The average Bonchev–Trinajstić information content (AvgIpc) is 2.53. The van der Waals surface area contributed by atoms with Gasteiger partial charge in [0.25, 0.3) is 5.91 Å². The van der Waals surface area contributed by atoms with Gasteiger partial charge in [0, 0.05) is 38.8 Å². The zero-order valence-electron chi connectivity index (χ0n) is 14.0. The molecule has 128 valence electrons. The number of halogens is 1. The SMILES string of the molecule is COCCN1C(C)CN(C(=O)COc2ccc(F)cc2)CC1C. The zero-order chi connectivity index (χ0) is 16.8.